The van der Waals surface area contributed by atoms with E-state index in [0.29, 0.717) is 0 Å². The molecule has 0 N–H and O–H groups in total. The molecule has 0 bridgehead atoms. The number of hydrogen-bond donors (Lipinski definition) is 0. The third kappa shape index (κ3) is 3.11. The molecule has 0 atom stereocenters. The van der Waals surface area contributed by atoms with Crippen LogP contribution < -0.4 is 21.2 Å². The van der Waals surface area contributed by atoms with Crippen LogP contribution in [0.3, 0.4) is 0 Å². The van der Waals surface area contributed by atoms with E-state index in [2.05, 4.69) is 73.9 Å². The molecular formula is C22H18I-. The van der Waals surface area contributed by atoms with E-state index < -0.39 is 0 Å². The van der Waals surface area contributed by atoms with Crippen molar-refractivity contribution in [3.63, 3.8) is 0 Å². The second-order valence-corrected chi connectivity index (χ2v) is 9.15. The number of hydrogen-bond acceptors (Lipinski definition) is 0. The van der Waals surface area contributed by atoms with Gasteiger partial charge in [0.05, 0.1) is 0 Å². The maximum absolute atomic E-state index is 4.09. The van der Waals surface area contributed by atoms with Gasteiger partial charge in [0, 0.05) is 0 Å². The molecule has 114 valence electrons. The zero-order valence-corrected chi connectivity index (χ0v) is 15.1. The van der Waals surface area contributed by atoms with E-state index in [0.717, 1.165) is 12.8 Å². The van der Waals surface area contributed by atoms with E-state index in [9.17, 15) is 0 Å². The van der Waals surface area contributed by atoms with Gasteiger partial charge in [-0.1, -0.05) is 0 Å². The monoisotopic (exact) mass is 409 g/mol. The van der Waals surface area contributed by atoms with Gasteiger partial charge in [-0.15, -0.1) is 0 Å². The Labute approximate surface area is 148 Å². The zero-order valence-electron chi connectivity index (χ0n) is 13.0. The number of fused-ring (bicyclic) bond motifs is 2. The fourth-order valence-corrected chi connectivity index (χ4v) is 5.55. The zero-order chi connectivity index (χ0) is 15.8. The molecule has 0 aliphatic heterocycles. The van der Waals surface area contributed by atoms with Crippen molar-refractivity contribution in [3.05, 3.63) is 102 Å². The van der Waals surface area contributed by atoms with Gasteiger partial charge in [0.1, 0.15) is 0 Å². The molecule has 2 aliphatic carbocycles. The Morgan fingerprint density at radius 2 is 1.13 bits per heavy atom. The van der Waals surface area contributed by atoms with Gasteiger partial charge in [-0.2, -0.15) is 0 Å². The fraction of sp³-hybridized carbons (Fsp3) is 0.0909. The van der Waals surface area contributed by atoms with Crippen LogP contribution in [0.5, 0.6) is 0 Å². The molecular weight excluding hydrogens is 391 g/mol. The van der Waals surface area contributed by atoms with Gasteiger partial charge in [0.2, 0.25) is 0 Å². The number of benzene rings is 2. The quantitative estimate of drug-likeness (QED) is 0.667. The minimum absolute atomic E-state index is 0.142. The summed E-state index contributed by atoms with van der Waals surface area (Å²) in [6.07, 6.45) is 10.6. The first kappa shape index (κ1) is 14.7. The Balaban J connectivity index is 1.62. The molecule has 0 amide bonds. The molecule has 2 aromatic rings. The Kier molecular flexibility index (Phi) is 3.82. The first-order valence-corrected chi connectivity index (χ1v) is 9.95. The summed E-state index contributed by atoms with van der Waals surface area (Å²) in [5.41, 5.74) is 7.93. The third-order valence-electron chi connectivity index (χ3n) is 4.26. The normalized spacial score (nSPS) is 15.7. The molecule has 0 nitrogen and oxygen atoms in total. The van der Waals surface area contributed by atoms with Gasteiger partial charge >= 0.3 is 148 Å². The van der Waals surface area contributed by atoms with E-state index in [4.69, 9.17) is 0 Å². The van der Waals surface area contributed by atoms with E-state index in [1.54, 1.807) is 0 Å². The van der Waals surface area contributed by atoms with Crippen molar-refractivity contribution in [2.75, 3.05) is 0 Å². The second kappa shape index (κ2) is 5.97. The SMILES string of the molecule is C=C1C=Cc2ccc([I-]c3ccc4c(c3)CC(=C)C=C4)cc2C1. The molecule has 0 radical (unpaired) electrons. The Hall–Kier alpha value is -1.87. The minimum atomic E-state index is -0.142. The van der Waals surface area contributed by atoms with Crippen molar-refractivity contribution in [1.29, 1.82) is 0 Å². The molecule has 23 heavy (non-hydrogen) atoms. The molecule has 0 unspecified atom stereocenters. The van der Waals surface area contributed by atoms with Crippen LogP contribution in [0.2, 0.25) is 0 Å². The van der Waals surface area contributed by atoms with Gasteiger partial charge in [0.25, 0.3) is 0 Å². The van der Waals surface area contributed by atoms with Crippen LogP contribution in [-0.4, -0.2) is 0 Å². The summed E-state index contributed by atoms with van der Waals surface area (Å²) in [5.74, 6) is 0. The first-order chi connectivity index (χ1) is 11.2. The van der Waals surface area contributed by atoms with Crippen molar-refractivity contribution in [1.82, 2.24) is 0 Å². The average molecular weight is 409 g/mol. The van der Waals surface area contributed by atoms with Gasteiger partial charge < -0.3 is 0 Å². The molecule has 0 heterocycles. The van der Waals surface area contributed by atoms with Crippen LogP contribution in [0.4, 0.5) is 0 Å². The maximum atomic E-state index is 4.09. The standard InChI is InChI=1S/C22H18I/c1-15-3-5-17-7-9-21(13-19(17)11-15)23-22-10-8-18-6-4-16(2)12-20(18)14-22/h3-10,13-14H,1-2,11-12H2/q-1. The molecule has 0 saturated heterocycles. The molecule has 2 aliphatic rings. The van der Waals surface area contributed by atoms with Crippen LogP contribution in [0.15, 0.2) is 72.9 Å². The number of halogens is 1. The first-order valence-electron chi connectivity index (χ1n) is 7.80. The molecule has 0 aromatic heterocycles. The van der Waals surface area contributed by atoms with Gasteiger partial charge in [0.15, 0.2) is 0 Å². The van der Waals surface area contributed by atoms with Crippen molar-refractivity contribution < 1.29 is 21.2 Å². The summed E-state index contributed by atoms with van der Waals surface area (Å²) in [4.78, 5) is 0. The van der Waals surface area contributed by atoms with Gasteiger partial charge in [-0.25, -0.2) is 0 Å². The molecule has 0 fully saturated rings. The average Bonchev–Trinajstić information content (AvgIpc) is 2.54. The molecule has 2 aromatic carbocycles. The predicted molar refractivity (Wildman–Crippen MR) is 94.0 cm³/mol. The van der Waals surface area contributed by atoms with Crippen LogP contribution in [-0.2, 0) is 12.8 Å². The molecule has 4 rings (SSSR count). The van der Waals surface area contributed by atoms with Crippen molar-refractivity contribution >= 4 is 12.2 Å². The molecule has 1 heteroatoms. The summed E-state index contributed by atoms with van der Waals surface area (Å²) >= 11 is -0.142. The Bertz CT molecular complexity index is 807. The molecule has 0 saturated carbocycles. The third-order valence-corrected chi connectivity index (χ3v) is 6.85. The van der Waals surface area contributed by atoms with Crippen LogP contribution >= 0.6 is 0 Å². The van der Waals surface area contributed by atoms with Crippen LogP contribution in [0.25, 0.3) is 12.2 Å². The fourth-order valence-electron chi connectivity index (χ4n) is 3.05. The van der Waals surface area contributed by atoms with Crippen LogP contribution in [0, 0.1) is 7.14 Å². The summed E-state index contributed by atoms with van der Waals surface area (Å²) in [7, 11) is 0. The van der Waals surface area contributed by atoms with Gasteiger partial charge in [-0.05, 0) is 0 Å². The summed E-state index contributed by atoms with van der Waals surface area (Å²) in [5, 5.41) is 0. The van der Waals surface area contributed by atoms with E-state index in [1.807, 2.05) is 0 Å². The number of allylic oxidation sites excluding steroid dienone is 4. The number of rotatable bonds is 2. The van der Waals surface area contributed by atoms with Gasteiger partial charge in [-0.3, -0.25) is 0 Å². The summed E-state index contributed by atoms with van der Waals surface area (Å²) < 4.78 is 2.96. The second-order valence-electron chi connectivity index (χ2n) is 6.12. The predicted octanol–water partition coefficient (Wildman–Crippen LogP) is 2.07. The molecule has 0 spiro atoms. The summed E-state index contributed by atoms with van der Waals surface area (Å²) in [6, 6.07) is 13.9. The van der Waals surface area contributed by atoms with E-state index in [1.165, 1.54) is 40.5 Å². The topological polar surface area (TPSA) is 0 Å². The summed E-state index contributed by atoms with van der Waals surface area (Å²) in [6.45, 7) is 8.18. The van der Waals surface area contributed by atoms with Crippen molar-refractivity contribution in [2.45, 2.75) is 12.8 Å². The van der Waals surface area contributed by atoms with Crippen molar-refractivity contribution in [2.24, 2.45) is 0 Å². The van der Waals surface area contributed by atoms with Crippen LogP contribution in [0.1, 0.15) is 22.3 Å². The van der Waals surface area contributed by atoms with E-state index >= 15 is 0 Å². The van der Waals surface area contributed by atoms with Crippen molar-refractivity contribution in [3.8, 4) is 0 Å². The Morgan fingerprint density at radius 3 is 1.61 bits per heavy atom. The Morgan fingerprint density at radius 1 is 0.652 bits per heavy atom. The van der Waals surface area contributed by atoms with E-state index in [-0.39, 0.29) is 21.2 Å².